The number of carbonyl (C=O) groups is 1. The number of benzene rings is 2. The Morgan fingerprint density at radius 1 is 1.00 bits per heavy atom. The van der Waals surface area contributed by atoms with Crippen LogP contribution in [0.15, 0.2) is 36.7 Å². The van der Waals surface area contributed by atoms with Crippen molar-refractivity contribution in [1.29, 1.82) is 0 Å². The Morgan fingerprint density at radius 3 is 2.48 bits per heavy atom. The lowest BCUT2D eigenvalue weighted by Gasteiger charge is -2.39. The Morgan fingerprint density at radius 2 is 1.79 bits per heavy atom. The van der Waals surface area contributed by atoms with E-state index in [9.17, 15) is 13.6 Å². The van der Waals surface area contributed by atoms with Crippen molar-refractivity contribution >= 4 is 23.2 Å². The minimum atomic E-state index is -2.63. The first-order valence-electron chi connectivity index (χ1n) is 14.8. The van der Waals surface area contributed by atoms with Gasteiger partial charge in [-0.3, -0.25) is 4.68 Å². The molecule has 0 aliphatic carbocycles. The van der Waals surface area contributed by atoms with E-state index in [0.29, 0.717) is 50.4 Å². The SMILES string of the molecule is Cn1cc(-c2cc3c(cc2C(F)F)N(c2cc(N4CCOCC4)cc4c2CN(C(=O)OC(C)(C)C)CC4)CCC3)cn1. The Hall–Kier alpha value is -3.66. The third-order valence-corrected chi connectivity index (χ3v) is 8.24. The summed E-state index contributed by atoms with van der Waals surface area (Å²) >= 11 is 0. The van der Waals surface area contributed by atoms with Crippen LogP contribution < -0.4 is 9.80 Å². The standard InChI is InChI=1S/C32H39F2N5O3/c1-32(2,3)42-31(40)38-9-7-21-14-24(37-10-12-41-13-11-37)16-29(27(21)20-38)39-8-5-6-22-15-25(23-18-35-36(4)19-23)26(30(33)34)17-28(22)39/h14-19,30H,5-13,20H2,1-4H3. The number of carbonyl (C=O) groups excluding carboxylic acids is 1. The van der Waals surface area contributed by atoms with E-state index in [1.807, 2.05) is 26.8 Å². The van der Waals surface area contributed by atoms with Crippen molar-refractivity contribution in [2.45, 2.75) is 58.6 Å². The van der Waals surface area contributed by atoms with E-state index in [-0.39, 0.29) is 11.7 Å². The van der Waals surface area contributed by atoms with E-state index in [4.69, 9.17) is 9.47 Å². The molecule has 0 atom stereocenters. The van der Waals surface area contributed by atoms with Crippen LogP contribution in [0.25, 0.3) is 11.1 Å². The molecule has 3 aromatic rings. The number of hydrogen-bond acceptors (Lipinski definition) is 6. The number of alkyl halides is 2. The molecule has 0 saturated carbocycles. The van der Waals surface area contributed by atoms with Crippen LogP contribution in [0.2, 0.25) is 0 Å². The fraction of sp³-hybridized carbons (Fsp3) is 0.500. The molecule has 0 spiro atoms. The molecule has 4 heterocycles. The molecule has 10 heteroatoms. The number of rotatable bonds is 4. The van der Waals surface area contributed by atoms with Gasteiger partial charge in [0, 0.05) is 67.6 Å². The second-order valence-electron chi connectivity index (χ2n) is 12.4. The van der Waals surface area contributed by atoms with Crippen molar-refractivity contribution in [3.8, 4) is 11.1 Å². The maximum atomic E-state index is 14.6. The molecular weight excluding hydrogens is 540 g/mol. The molecule has 0 bridgehead atoms. The van der Waals surface area contributed by atoms with Gasteiger partial charge in [-0.25, -0.2) is 13.6 Å². The average molecular weight is 580 g/mol. The van der Waals surface area contributed by atoms with E-state index in [0.717, 1.165) is 54.1 Å². The molecule has 0 unspecified atom stereocenters. The zero-order valence-corrected chi connectivity index (χ0v) is 24.8. The van der Waals surface area contributed by atoms with Crippen LogP contribution >= 0.6 is 0 Å². The predicted molar refractivity (Wildman–Crippen MR) is 159 cm³/mol. The van der Waals surface area contributed by atoms with Crippen LogP contribution in [-0.2, 0) is 35.9 Å². The maximum Gasteiger partial charge on any atom is 0.410 e. The summed E-state index contributed by atoms with van der Waals surface area (Å²) < 4.78 is 42.1. The van der Waals surface area contributed by atoms with Crippen molar-refractivity contribution in [2.75, 3.05) is 49.2 Å². The average Bonchev–Trinajstić information content (AvgIpc) is 3.40. The number of ether oxygens (including phenoxy) is 2. The van der Waals surface area contributed by atoms with Crippen LogP contribution in [-0.4, -0.2) is 65.8 Å². The van der Waals surface area contributed by atoms with E-state index in [1.165, 1.54) is 5.56 Å². The summed E-state index contributed by atoms with van der Waals surface area (Å²) in [5.74, 6) is 0. The normalized spacial score (nSPS) is 17.4. The lowest BCUT2D eigenvalue weighted by atomic mass is 9.91. The van der Waals surface area contributed by atoms with Crippen molar-refractivity contribution in [3.63, 3.8) is 0 Å². The summed E-state index contributed by atoms with van der Waals surface area (Å²) in [5.41, 5.74) is 6.77. The zero-order chi connectivity index (χ0) is 29.6. The maximum absolute atomic E-state index is 14.6. The number of hydrogen-bond donors (Lipinski definition) is 0. The third kappa shape index (κ3) is 5.69. The second-order valence-corrected chi connectivity index (χ2v) is 12.4. The van der Waals surface area contributed by atoms with Crippen molar-refractivity contribution in [2.24, 2.45) is 7.05 Å². The lowest BCUT2D eigenvalue weighted by Crippen LogP contribution is -2.41. The fourth-order valence-corrected chi connectivity index (χ4v) is 6.25. The number of anilines is 3. The highest BCUT2D eigenvalue weighted by molar-refractivity contribution is 5.80. The summed E-state index contributed by atoms with van der Waals surface area (Å²) in [7, 11) is 1.79. The van der Waals surface area contributed by atoms with Gasteiger partial charge in [0.05, 0.1) is 26.0 Å². The van der Waals surface area contributed by atoms with Gasteiger partial charge in [-0.15, -0.1) is 0 Å². The lowest BCUT2D eigenvalue weighted by molar-refractivity contribution is 0.0224. The number of aromatic nitrogens is 2. The molecule has 1 fully saturated rings. The Labute approximate surface area is 245 Å². The van der Waals surface area contributed by atoms with E-state index >= 15 is 0 Å². The molecule has 2 aromatic carbocycles. The van der Waals surface area contributed by atoms with Gasteiger partial charge in [0.2, 0.25) is 0 Å². The van der Waals surface area contributed by atoms with Crippen LogP contribution in [0.1, 0.15) is 55.9 Å². The van der Waals surface area contributed by atoms with E-state index < -0.39 is 12.0 Å². The molecule has 3 aliphatic rings. The summed E-state index contributed by atoms with van der Waals surface area (Å²) in [6.45, 7) is 10.2. The number of amides is 1. The molecular formula is C32H39F2N5O3. The van der Waals surface area contributed by atoms with Crippen molar-refractivity contribution in [3.05, 3.63) is 58.9 Å². The van der Waals surface area contributed by atoms with E-state index in [1.54, 1.807) is 35.1 Å². The summed E-state index contributed by atoms with van der Waals surface area (Å²) in [6, 6.07) is 8.00. The van der Waals surface area contributed by atoms with Gasteiger partial charge in [-0.1, -0.05) is 0 Å². The second kappa shape index (κ2) is 11.2. The first-order chi connectivity index (χ1) is 20.1. The summed E-state index contributed by atoms with van der Waals surface area (Å²) in [6.07, 6.45) is 2.84. The first kappa shape index (κ1) is 28.5. The molecule has 1 amide bonds. The zero-order valence-electron chi connectivity index (χ0n) is 24.8. The number of fused-ring (bicyclic) bond motifs is 2. The largest absolute Gasteiger partial charge is 0.444 e. The van der Waals surface area contributed by atoms with Crippen LogP contribution in [0.4, 0.5) is 30.6 Å². The quantitative estimate of drug-likeness (QED) is 0.365. The van der Waals surface area contributed by atoms with Crippen LogP contribution in [0, 0.1) is 0 Å². The molecule has 0 radical (unpaired) electrons. The minimum Gasteiger partial charge on any atom is -0.444 e. The topological polar surface area (TPSA) is 63.1 Å². The molecule has 224 valence electrons. The van der Waals surface area contributed by atoms with Crippen molar-refractivity contribution in [1.82, 2.24) is 14.7 Å². The molecule has 3 aliphatic heterocycles. The molecule has 8 nitrogen and oxygen atoms in total. The minimum absolute atomic E-state index is 0.00207. The molecule has 1 aromatic heterocycles. The molecule has 0 N–H and O–H groups in total. The summed E-state index contributed by atoms with van der Waals surface area (Å²) in [4.78, 5) is 19.4. The Kier molecular flexibility index (Phi) is 7.59. The molecule has 42 heavy (non-hydrogen) atoms. The van der Waals surface area contributed by atoms with Gasteiger partial charge < -0.3 is 24.2 Å². The highest BCUT2D eigenvalue weighted by atomic mass is 19.3. The van der Waals surface area contributed by atoms with Gasteiger partial charge in [0.15, 0.2) is 0 Å². The van der Waals surface area contributed by atoms with Gasteiger partial charge in [0.1, 0.15) is 5.60 Å². The van der Waals surface area contributed by atoms with Gasteiger partial charge in [-0.05, 0) is 86.6 Å². The highest BCUT2D eigenvalue weighted by Gasteiger charge is 2.32. The van der Waals surface area contributed by atoms with E-state index in [2.05, 4.69) is 27.0 Å². The molecule has 6 rings (SSSR count). The number of morpholine rings is 1. The fourth-order valence-electron chi connectivity index (χ4n) is 6.25. The Bertz CT molecular complexity index is 1480. The van der Waals surface area contributed by atoms with Gasteiger partial charge in [-0.2, -0.15) is 5.10 Å². The number of aryl methyl sites for hydroxylation is 2. The van der Waals surface area contributed by atoms with Gasteiger partial charge in [0.25, 0.3) is 6.43 Å². The molecule has 1 saturated heterocycles. The number of halogens is 2. The monoisotopic (exact) mass is 579 g/mol. The number of nitrogens with zero attached hydrogens (tertiary/aromatic N) is 5. The van der Waals surface area contributed by atoms with Gasteiger partial charge >= 0.3 is 6.09 Å². The predicted octanol–water partition coefficient (Wildman–Crippen LogP) is 6.24. The Balaban J connectivity index is 1.45. The van der Waals surface area contributed by atoms with Crippen LogP contribution in [0.5, 0.6) is 0 Å². The third-order valence-electron chi connectivity index (χ3n) is 8.24. The van der Waals surface area contributed by atoms with Crippen molar-refractivity contribution < 1.29 is 23.0 Å². The smallest absolute Gasteiger partial charge is 0.410 e. The van der Waals surface area contributed by atoms with Crippen LogP contribution in [0.3, 0.4) is 0 Å². The highest BCUT2D eigenvalue weighted by Crippen LogP contribution is 2.44. The summed E-state index contributed by atoms with van der Waals surface area (Å²) in [5, 5.41) is 4.22. The first-order valence-corrected chi connectivity index (χ1v) is 14.8.